The van der Waals surface area contributed by atoms with E-state index in [9.17, 15) is 10.2 Å². The van der Waals surface area contributed by atoms with Crippen LogP contribution in [-0.2, 0) is 0 Å². The van der Waals surface area contributed by atoms with Crippen molar-refractivity contribution in [1.82, 2.24) is 0 Å². The van der Waals surface area contributed by atoms with Crippen molar-refractivity contribution in [1.29, 1.82) is 0 Å². The minimum Gasteiger partial charge on any atom is -0.393 e. The zero-order valence-corrected chi connectivity index (χ0v) is 19.3. The Morgan fingerprint density at radius 1 is 1.14 bits per heavy atom. The number of hydrogen-bond donors (Lipinski definition) is 2. The molecule has 3 fully saturated rings. The summed E-state index contributed by atoms with van der Waals surface area (Å²) in [5.74, 6) is 3.20. The van der Waals surface area contributed by atoms with E-state index in [-0.39, 0.29) is 0 Å². The van der Waals surface area contributed by atoms with Crippen LogP contribution in [0.1, 0.15) is 91.9 Å². The summed E-state index contributed by atoms with van der Waals surface area (Å²) in [5, 5.41) is 20.2. The van der Waals surface area contributed by atoms with Gasteiger partial charge >= 0.3 is 0 Å². The van der Waals surface area contributed by atoms with Crippen molar-refractivity contribution in [2.24, 2.45) is 29.1 Å². The lowest BCUT2D eigenvalue weighted by Crippen LogP contribution is -2.36. The van der Waals surface area contributed by atoms with Crippen molar-refractivity contribution in [3.8, 4) is 0 Å². The number of aliphatic hydroxyl groups is 2. The van der Waals surface area contributed by atoms with Gasteiger partial charge in [-0.05, 0) is 78.8 Å². The molecule has 2 nitrogen and oxygen atoms in total. The third kappa shape index (κ3) is 5.07. The Labute approximate surface area is 179 Å². The molecule has 0 aromatic carbocycles. The van der Waals surface area contributed by atoms with Crippen LogP contribution in [0.15, 0.2) is 35.5 Å². The van der Waals surface area contributed by atoms with Crippen molar-refractivity contribution in [3.05, 3.63) is 35.5 Å². The first-order valence-electron chi connectivity index (χ1n) is 12.2. The highest BCUT2D eigenvalue weighted by Gasteiger charge is 2.50. The summed E-state index contributed by atoms with van der Waals surface area (Å²) in [6, 6.07) is 0. The maximum Gasteiger partial charge on any atom is 0.0811 e. The van der Waals surface area contributed by atoms with E-state index < -0.39 is 12.2 Å². The second-order valence-electron chi connectivity index (χ2n) is 11.0. The number of fused-ring (bicyclic) bond motifs is 1. The maximum atomic E-state index is 10.1. The van der Waals surface area contributed by atoms with E-state index in [2.05, 4.69) is 46.4 Å². The standard InChI is InChI=1S/C27H44O2/c1-18(2)8-6-9-19(3)24-13-14-25-21(10-7-15-27(24,25)5)11-12-22-16-23(28)17-26(29)20(22)4/h11-12,18-19,23-26,28-29H,4,6-10,13-17H2,1-3,5H3/b21-11+,22-12-/t19-,23+,24?,25?,26+,27-/m1/s1. The average molecular weight is 401 g/mol. The Hall–Kier alpha value is -0.860. The fourth-order valence-electron chi connectivity index (χ4n) is 6.73. The summed E-state index contributed by atoms with van der Waals surface area (Å²) in [6.07, 6.45) is 15.2. The lowest BCUT2D eigenvalue weighted by Gasteiger charge is -2.44. The second kappa shape index (κ2) is 9.52. The summed E-state index contributed by atoms with van der Waals surface area (Å²) in [4.78, 5) is 0. The number of allylic oxidation sites excluding steroid dienone is 3. The summed E-state index contributed by atoms with van der Waals surface area (Å²) in [5.41, 5.74) is 3.88. The fraction of sp³-hybridized carbons (Fsp3) is 0.778. The summed E-state index contributed by atoms with van der Waals surface area (Å²) in [6.45, 7) is 13.8. The summed E-state index contributed by atoms with van der Waals surface area (Å²) >= 11 is 0. The highest BCUT2D eigenvalue weighted by molar-refractivity contribution is 5.38. The molecule has 0 aliphatic heterocycles. The van der Waals surface area contributed by atoms with Crippen molar-refractivity contribution < 1.29 is 10.2 Å². The van der Waals surface area contributed by atoms with Crippen LogP contribution in [0, 0.1) is 29.1 Å². The molecule has 0 radical (unpaired) electrons. The molecule has 0 heterocycles. The zero-order chi connectivity index (χ0) is 21.2. The smallest absolute Gasteiger partial charge is 0.0811 e. The van der Waals surface area contributed by atoms with Crippen LogP contribution >= 0.6 is 0 Å². The van der Waals surface area contributed by atoms with Crippen molar-refractivity contribution >= 4 is 0 Å². The highest BCUT2D eigenvalue weighted by atomic mass is 16.3. The van der Waals surface area contributed by atoms with Crippen molar-refractivity contribution in [3.63, 3.8) is 0 Å². The van der Waals surface area contributed by atoms with Gasteiger partial charge in [0.2, 0.25) is 0 Å². The van der Waals surface area contributed by atoms with E-state index in [1.165, 1.54) is 51.4 Å². The molecule has 0 saturated heterocycles. The molecule has 2 N–H and O–H groups in total. The predicted octanol–water partition coefficient (Wildman–Crippen LogP) is 6.59. The van der Waals surface area contributed by atoms with Gasteiger partial charge < -0.3 is 10.2 Å². The van der Waals surface area contributed by atoms with Crippen LogP contribution in [0.25, 0.3) is 0 Å². The van der Waals surface area contributed by atoms with Gasteiger partial charge in [0.25, 0.3) is 0 Å². The van der Waals surface area contributed by atoms with Gasteiger partial charge in [0.1, 0.15) is 0 Å². The van der Waals surface area contributed by atoms with E-state index in [0.717, 1.165) is 28.9 Å². The van der Waals surface area contributed by atoms with Gasteiger partial charge in [0.15, 0.2) is 0 Å². The molecule has 3 rings (SSSR count). The fourth-order valence-corrected chi connectivity index (χ4v) is 6.73. The first-order valence-corrected chi connectivity index (χ1v) is 12.2. The van der Waals surface area contributed by atoms with Crippen LogP contribution in [0.2, 0.25) is 0 Å². The molecule has 0 aromatic rings. The minimum atomic E-state index is -0.595. The first-order chi connectivity index (χ1) is 13.7. The molecule has 29 heavy (non-hydrogen) atoms. The molecule has 0 spiro atoms. The molecule has 2 heteroatoms. The van der Waals surface area contributed by atoms with E-state index in [1.807, 2.05) is 0 Å². The SMILES string of the molecule is C=C1/C(=C\C=C2/CCC[C@@]3(C)C2CCC3[C@H](C)CCCC(C)C)C[C@H](O)C[C@@H]1O. The molecular formula is C27H44O2. The topological polar surface area (TPSA) is 40.5 Å². The van der Waals surface area contributed by atoms with Gasteiger partial charge in [-0.2, -0.15) is 0 Å². The van der Waals surface area contributed by atoms with Gasteiger partial charge in [-0.1, -0.05) is 71.3 Å². The largest absolute Gasteiger partial charge is 0.393 e. The lowest BCUT2D eigenvalue weighted by molar-refractivity contribution is 0.0861. The normalized spacial score (nSPS) is 39.3. The Kier molecular flexibility index (Phi) is 7.49. The molecule has 0 bridgehead atoms. The third-order valence-corrected chi connectivity index (χ3v) is 8.43. The Bertz CT molecular complexity index is 643. The molecule has 0 amide bonds. The maximum absolute atomic E-state index is 10.1. The van der Waals surface area contributed by atoms with E-state index in [1.54, 1.807) is 5.57 Å². The third-order valence-electron chi connectivity index (χ3n) is 8.43. The molecule has 3 saturated carbocycles. The van der Waals surface area contributed by atoms with Gasteiger partial charge in [0.05, 0.1) is 12.2 Å². The van der Waals surface area contributed by atoms with Gasteiger partial charge in [-0.15, -0.1) is 0 Å². The highest BCUT2D eigenvalue weighted by Crippen LogP contribution is 2.59. The Morgan fingerprint density at radius 2 is 1.90 bits per heavy atom. The number of aliphatic hydroxyl groups excluding tert-OH is 2. The molecule has 3 aliphatic rings. The number of hydrogen-bond acceptors (Lipinski definition) is 2. The lowest BCUT2D eigenvalue weighted by atomic mass is 9.60. The Morgan fingerprint density at radius 3 is 2.62 bits per heavy atom. The molecule has 6 atom stereocenters. The summed E-state index contributed by atoms with van der Waals surface area (Å²) in [7, 11) is 0. The van der Waals surface area contributed by atoms with Crippen LogP contribution < -0.4 is 0 Å². The molecule has 0 aromatic heterocycles. The van der Waals surface area contributed by atoms with Crippen LogP contribution in [-0.4, -0.2) is 22.4 Å². The van der Waals surface area contributed by atoms with E-state index >= 15 is 0 Å². The van der Waals surface area contributed by atoms with Gasteiger partial charge in [-0.25, -0.2) is 0 Å². The molecule has 3 aliphatic carbocycles. The molecular weight excluding hydrogens is 356 g/mol. The zero-order valence-electron chi connectivity index (χ0n) is 19.3. The van der Waals surface area contributed by atoms with Crippen LogP contribution in [0.4, 0.5) is 0 Å². The number of rotatable bonds is 6. The van der Waals surface area contributed by atoms with Gasteiger partial charge in [-0.3, -0.25) is 0 Å². The second-order valence-corrected chi connectivity index (χ2v) is 11.0. The van der Waals surface area contributed by atoms with E-state index in [0.29, 0.717) is 24.2 Å². The predicted molar refractivity (Wildman–Crippen MR) is 123 cm³/mol. The minimum absolute atomic E-state index is 0.420. The first kappa shape index (κ1) is 22.8. The van der Waals surface area contributed by atoms with Crippen LogP contribution in [0.5, 0.6) is 0 Å². The molecule has 164 valence electrons. The van der Waals surface area contributed by atoms with E-state index in [4.69, 9.17) is 0 Å². The average Bonchev–Trinajstić information content (AvgIpc) is 3.00. The molecule has 2 unspecified atom stereocenters. The summed E-state index contributed by atoms with van der Waals surface area (Å²) < 4.78 is 0. The van der Waals surface area contributed by atoms with Crippen LogP contribution in [0.3, 0.4) is 0 Å². The Balaban J connectivity index is 1.71. The van der Waals surface area contributed by atoms with Crippen molar-refractivity contribution in [2.45, 2.75) is 104 Å². The van der Waals surface area contributed by atoms with Gasteiger partial charge in [0, 0.05) is 6.42 Å². The monoisotopic (exact) mass is 400 g/mol. The quantitative estimate of drug-likeness (QED) is 0.528. The van der Waals surface area contributed by atoms with Crippen molar-refractivity contribution in [2.75, 3.05) is 0 Å².